The third-order valence-electron chi connectivity index (χ3n) is 4.73. The summed E-state index contributed by atoms with van der Waals surface area (Å²) in [5.41, 5.74) is 1.38. The monoisotopic (exact) mass is 444 g/mol. The lowest BCUT2D eigenvalue weighted by Crippen LogP contribution is -2.30. The molecule has 146 valence electrons. The van der Waals surface area contributed by atoms with Crippen LogP contribution in [0.4, 0.5) is 5.82 Å². The Labute approximate surface area is 170 Å². The summed E-state index contributed by atoms with van der Waals surface area (Å²) < 4.78 is 5.53. The molecule has 0 atom stereocenters. The van der Waals surface area contributed by atoms with Gasteiger partial charge in [0.1, 0.15) is 18.2 Å². The second kappa shape index (κ2) is 7.75. The Kier molecular flexibility index (Phi) is 5.17. The number of fused-ring (bicyclic) bond motifs is 1. The highest BCUT2D eigenvalue weighted by molar-refractivity contribution is 9.10. The maximum absolute atomic E-state index is 12.6. The molecule has 0 saturated carbocycles. The molecule has 4 rings (SSSR count). The Hall–Kier alpha value is -2.68. The fourth-order valence-electron chi connectivity index (χ4n) is 3.44. The lowest BCUT2D eigenvalue weighted by molar-refractivity contribution is -0.117. The summed E-state index contributed by atoms with van der Waals surface area (Å²) in [6, 6.07) is 9.44. The zero-order valence-corrected chi connectivity index (χ0v) is 17.1. The summed E-state index contributed by atoms with van der Waals surface area (Å²) in [7, 11) is 0. The van der Waals surface area contributed by atoms with E-state index in [0.717, 1.165) is 47.4 Å². The average molecular weight is 445 g/mol. The van der Waals surface area contributed by atoms with Crippen molar-refractivity contribution in [3.63, 3.8) is 0 Å². The minimum absolute atomic E-state index is 0.123. The van der Waals surface area contributed by atoms with Crippen LogP contribution in [0.25, 0.3) is 5.69 Å². The standard InChI is InChI=1S/C19H21BrN6O2/c1-13-10-17(26(22-13)15-7-5-6-14(20)11-15)21-18(27)12-25-19(28)24-9-4-2-3-8-16(24)23-25/h5-7,10-11H,2-4,8-9,12H2,1H3,(H,21,27). The van der Waals surface area contributed by atoms with Gasteiger partial charge in [-0.3, -0.25) is 9.36 Å². The van der Waals surface area contributed by atoms with E-state index in [1.165, 1.54) is 4.68 Å². The second-order valence-electron chi connectivity index (χ2n) is 6.93. The van der Waals surface area contributed by atoms with Crippen LogP contribution in [0.3, 0.4) is 0 Å². The molecule has 0 aliphatic carbocycles. The number of carbonyl (C=O) groups excluding carboxylic acids is 1. The number of carbonyl (C=O) groups is 1. The third kappa shape index (κ3) is 3.80. The lowest BCUT2D eigenvalue weighted by atomic mass is 10.2. The molecule has 1 aliphatic heterocycles. The smallest absolute Gasteiger partial charge is 0.309 e. The van der Waals surface area contributed by atoms with Gasteiger partial charge in [0.05, 0.1) is 11.4 Å². The molecule has 0 bridgehead atoms. The summed E-state index contributed by atoms with van der Waals surface area (Å²) in [5.74, 6) is 1.01. The SMILES string of the molecule is Cc1cc(NC(=O)Cn2nc3n(c2=O)CCCCC3)n(-c2cccc(Br)c2)n1. The van der Waals surface area contributed by atoms with E-state index in [1.54, 1.807) is 15.3 Å². The average Bonchev–Trinajstić information content (AvgIpc) is 3.04. The Balaban J connectivity index is 1.55. The van der Waals surface area contributed by atoms with E-state index in [2.05, 4.69) is 31.4 Å². The van der Waals surface area contributed by atoms with Gasteiger partial charge in [-0.1, -0.05) is 28.4 Å². The van der Waals surface area contributed by atoms with Gasteiger partial charge in [0.15, 0.2) is 0 Å². The van der Waals surface area contributed by atoms with E-state index in [-0.39, 0.29) is 18.1 Å². The number of halogens is 1. The maximum atomic E-state index is 12.6. The van der Waals surface area contributed by atoms with Gasteiger partial charge in [-0.15, -0.1) is 0 Å². The minimum atomic E-state index is -0.313. The van der Waals surface area contributed by atoms with Gasteiger partial charge in [0.2, 0.25) is 5.91 Å². The number of aryl methyl sites for hydroxylation is 2. The molecule has 1 amide bonds. The molecule has 0 saturated heterocycles. The minimum Gasteiger partial charge on any atom is -0.309 e. The van der Waals surface area contributed by atoms with E-state index in [4.69, 9.17) is 0 Å². The molecule has 28 heavy (non-hydrogen) atoms. The van der Waals surface area contributed by atoms with Crippen LogP contribution < -0.4 is 11.0 Å². The van der Waals surface area contributed by atoms with Gasteiger partial charge < -0.3 is 5.32 Å². The molecular formula is C19H21BrN6O2. The molecule has 1 N–H and O–H groups in total. The topological polar surface area (TPSA) is 86.7 Å². The number of amides is 1. The fourth-order valence-corrected chi connectivity index (χ4v) is 3.83. The highest BCUT2D eigenvalue weighted by Crippen LogP contribution is 2.20. The largest absolute Gasteiger partial charge is 0.346 e. The van der Waals surface area contributed by atoms with Crippen LogP contribution in [0.1, 0.15) is 30.8 Å². The zero-order valence-electron chi connectivity index (χ0n) is 15.6. The molecule has 1 aromatic carbocycles. The van der Waals surface area contributed by atoms with Crippen molar-refractivity contribution in [1.29, 1.82) is 0 Å². The Morgan fingerprint density at radius 1 is 1.21 bits per heavy atom. The number of benzene rings is 1. The molecule has 1 aliphatic rings. The third-order valence-corrected chi connectivity index (χ3v) is 5.22. The first-order valence-corrected chi connectivity index (χ1v) is 10.1. The van der Waals surface area contributed by atoms with Gasteiger partial charge in [-0.2, -0.15) is 10.2 Å². The van der Waals surface area contributed by atoms with Crippen molar-refractivity contribution in [2.24, 2.45) is 0 Å². The summed E-state index contributed by atoms with van der Waals surface area (Å²) in [6.07, 6.45) is 3.87. The summed E-state index contributed by atoms with van der Waals surface area (Å²) >= 11 is 3.45. The molecule has 3 heterocycles. The van der Waals surface area contributed by atoms with Crippen LogP contribution in [0, 0.1) is 6.92 Å². The highest BCUT2D eigenvalue weighted by atomic mass is 79.9. The number of anilines is 1. The summed E-state index contributed by atoms with van der Waals surface area (Å²) in [4.78, 5) is 25.1. The number of aromatic nitrogens is 5. The van der Waals surface area contributed by atoms with Gasteiger partial charge >= 0.3 is 5.69 Å². The molecule has 0 spiro atoms. The van der Waals surface area contributed by atoms with Gasteiger partial charge in [-0.25, -0.2) is 14.2 Å². The van der Waals surface area contributed by atoms with Crippen LogP contribution in [0.5, 0.6) is 0 Å². The summed E-state index contributed by atoms with van der Waals surface area (Å²) in [6.45, 7) is 2.41. The van der Waals surface area contributed by atoms with Gasteiger partial charge in [-0.05, 0) is 38.0 Å². The number of nitrogens with one attached hydrogen (secondary N) is 1. The molecule has 0 unspecified atom stereocenters. The number of rotatable bonds is 4. The summed E-state index contributed by atoms with van der Waals surface area (Å²) in [5, 5.41) is 11.7. The number of nitrogens with zero attached hydrogens (tertiary/aromatic N) is 5. The predicted octanol–water partition coefficient (Wildman–Crippen LogP) is 2.67. The van der Waals surface area contributed by atoms with Crippen LogP contribution >= 0.6 is 15.9 Å². The van der Waals surface area contributed by atoms with Crippen LogP contribution in [0.15, 0.2) is 39.6 Å². The first-order chi connectivity index (χ1) is 13.5. The van der Waals surface area contributed by atoms with E-state index >= 15 is 0 Å². The molecule has 2 aromatic heterocycles. The van der Waals surface area contributed by atoms with Crippen molar-refractivity contribution < 1.29 is 4.79 Å². The maximum Gasteiger partial charge on any atom is 0.346 e. The molecule has 3 aromatic rings. The first-order valence-electron chi connectivity index (χ1n) is 9.30. The van der Waals surface area contributed by atoms with Crippen molar-refractivity contribution in [2.45, 2.75) is 45.7 Å². The van der Waals surface area contributed by atoms with Crippen molar-refractivity contribution in [3.8, 4) is 5.69 Å². The molecule has 0 fully saturated rings. The Morgan fingerprint density at radius 2 is 2.07 bits per heavy atom. The number of hydrogen-bond donors (Lipinski definition) is 1. The van der Waals surface area contributed by atoms with Crippen molar-refractivity contribution in [2.75, 3.05) is 5.32 Å². The lowest BCUT2D eigenvalue weighted by Gasteiger charge is -2.09. The van der Waals surface area contributed by atoms with Crippen molar-refractivity contribution >= 4 is 27.7 Å². The van der Waals surface area contributed by atoms with E-state index in [1.807, 2.05) is 31.2 Å². The first kappa shape index (κ1) is 18.7. The predicted molar refractivity (Wildman–Crippen MR) is 109 cm³/mol. The van der Waals surface area contributed by atoms with Crippen molar-refractivity contribution in [3.05, 3.63) is 56.8 Å². The normalized spacial score (nSPS) is 13.8. The van der Waals surface area contributed by atoms with E-state index in [9.17, 15) is 9.59 Å². The Morgan fingerprint density at radius 3 is 2.89 bits per heavy atom. The molecule has 0 radical (unpaired) electrons. The van der Waals surface area contributed by atoms with Crippen molar-refractivity contribution in [1.82, 2.24) is 24.1 Å². The molecular weight excluding hydrogens is 424 g/mol. The van der Waals surface area contributed by atoms with E-state index in [0.29, 0.717) is 12.4 Å². The van der Waals surface area contributed by atoms with Gasteiger partial charge in [0.25, 0.3) is 0 Å². The van der Waals surface area contributed by atoms with Crippen LogP contribution in [-0.2, 0) is 24.3 Å². The molecule has 8 nitrogen and oxygen atoms in total. The fraction of sp³-hybridized carbons (Fsp3) is 0.368. The zero-order chi connectivity index (χ0) is 19.7. The van der Waals surface area contributed by atoms with Crippen LogP contribution in [0.2, 0.25) is 0 Å². The number of hydrogen-bond acceptors (Lipinski definition) is 4. The highest BCUT2D eigenvalue weighted by Gasteiger charge is 2.18. The second-order valence-corrected chi connectivity index (χ2v) is 7.85. The quantitative estimate of drug-likeness (QED) is 0.669. The van der Waals surface area contributed by atoms with E-state index < -0.39 is 0 Å². The van der Waals surface area contributed by atoms with Gasteiger partial charge in [0, 0.05) is 23.5 Å². The van der Waals surface area contributed by atoms with Crippen LogP contribution in [-0.4, -0.2) is 30.0 Å². The molecule has 9 heteroatoms. The Bertz CT molecular complexity index is 1080.